The highest BCUT2D eigenvalue weighted by molar-refractivity contribution is 14.0. The van der Waals surface area contributed by atoms with Crippen molar-refractivity contribution in [1.29, 1.82) is 0 Å². The highest BCUT2D eigenvalue weighted by atomic mass is 127. The largest absolute Gasteiger partial charge is 0.393 e. The van der Waals surface area contributed by atoms with E-state index in [9.17, 15) is 13.5 Å². The van der Waals surface area contributed by atoms with Crippen molar-refractivity contribution in [3.8, 4) is 0 Å². The molecule has 0 aromatic rings. The Morgan fingerprint density at radius 2 is 1.90 bits per heavy atom. The smallest absolute Gasteiger partial charge is 0.208 e. The van der Waals surface area contributed by atoms with Gasteiger partial charge in [0.25, 0.3) is 0 Å². The predicted octanol–water partition coefficient (Wildman–Crippen LogP) is 0.0122. The fraction of sp³-hybridized carbons (Fsp3) is 0.917. The van der Waals surface area contributed by atoms with Gasteiger partial charge in [0.15, 0.2) is 5.96 Å². The van der Waals surface area contributed by atoms with Gasteiger partial charge in [-0.1, -0.05) is 0 Å². The van der Waals surface area contributed by atoms with Gasteiger partial charge in [0, 0.05) is 19.1 Å². The molecule has 0 atom stereocenters. The standard InChI is InChI=1S/C12H26N4O3S.HI/c1-3-13-12(14-8-9-15-20(2,18)19)16-10-4-6-11(17)7-5-10;/h10-11,15,17H,3-9H2,1-2H3,(H2,13,14,16);1H. The number of hydrogen-bond donors (Lipinski definition) is 4. The maximum Gasteiger partial charge on any atom is 0.208 e. The van der Waals surface area contributed by atoms with Gasteiger partial charge in [-0.25, -0.2) is 13.1 Å². The number of nitrogens with zero attached hydrogens (tertiary/aromatic N) is 1. The maximum absolute atomic E-state index is 10.9. The van der Waals surface area contributed by atoms with Crippen molar-refractivity contribution in [3.05, 3.63) is 0 Å². The molecule has 0 aliphatic heterocycles. The molecule has 0 heterocycles. The molecule has 0 aromatic carbocycles. The predicted molar refractivity (Wildman–Crippen MR) is 95.6 cm³/mol. The number of hydrogen-bond acceptors (Lipinski definition) is 4. The number of halogens is 1. The van der Waals surface area contributed by atoms with E-state index >= 15 is 0 Å². The Labute approximate surface area is 144 Å². The van der Waals surface area contributed by atoms with Gasteiger partial charge in [0.2, 0.25) is 10.0 Å². The van der Waals surface area contributed by atoms with Crippen LogP contribution in [0, 0.1) is 0 Å². The molecular weight excluding hydrogens is 407 g/mol. The van der Waals surface area contributed by atoms with Gasteiger partial charge in [-0.2, -0.15) is 0 Å². The lowest BCUT2D eigenvalue weighted by atomic mass is 9.93. The van der Waals surface area contributed by atoms with Crippen LogP contribution in [-0.2, 0) is 10.0 Å². The summed E-state index contributed by atoms with van der Waals surface area (Å²) in [5.74, 6) is 0.698. The summed E-state index contributed by atoms with van der Waals surface area (Å²) in [6.45, 7) is 3.41. The summed E-state index contributed by atoms with van der Waals surface area (Å²) in [5.41, 5.74) is 0. The SMILES string of the molecule is CCNC(=NCCNS(C)(=O)=O)NC1CCC(O)CC1.I. The molecule has 4 N–H and O–H groups in total. The number of guanidine groups is 1. The van der Waals surface area contributed by atoms with Gasteiger partial charge in [-0.05, 0) is 32.6 Å². The summed E-state index contributed by atoms with van der Waals surface area (Å²) >= 11 is 0. The van der Waals surface area contributed by atoms with Crippen molar-refractivity contribution < 1.29 is 13.5 Å². The summed E-state index contributed by atoms with van der Waals surface area (Å²) in [5, 5.41) is 15.9. The van der Waals surface area contributed by atoms with Crippen LogP contribution in [0.25, 0.3) is 0 Å². The third-order valence-corrected chi connectivity index (χ3v) is 3.86. The molecule has 1 fully saturated rings. The average molecular weight is 434 g/mol. The van der Waals surface area contributed by atoms with Gasteiger partial charge >= 0.3 is 0 Å². The summed E-state index contributed by atoms with van der Waals surface area (Å²) in [6, 6.07) is 0.319. The second kappa shape index (κ2) is 10.6. The van der Waals surface area contributed by atoms with E-state index in [-0.39, 0.29) is 30.1 Å². The van der Waals surface area contributed by atoms with Crippen molar-refractivity contribution in [2.75, 3.05) is 25.9 Å². The molecule has 1 aliphatic rings. The first-order valence-corrected chi connectivity index (χ1v) is 8.97. The fourth-order valence-corrected chi connectivity index (χ4v) is 2.59. The molecule has 1 saturated carbocycles. The van der Waals surface area contributed by atoms with Crippen LogP contribution in [0.4, 0.5) is 0 Å². The summed E-state index contributed by atoms with van der Waals surface area (Å²) < 4.78 is 24.3. The Kier molecular flexibility index (Phi) is 10.5. The summed E-state index contributed by atoms with van der Waals surface area (Å²) in [6.07, 6.45) is 4.43. The molecule has 0 bridgehead atoms. The van der Waals surface area contributed by atoms with E-state index < -0.39 is 10.0 Å². The third-order valence-electron chi connectivity index (χ3n) is 3.13. The fourth-order valence-electron chi connectivity index (χ4n) is 2.13. The topological polar surface area (TPSA) is 103 Å². The molecule has 1 aliphatic carbocycles. The normalized spacial score (nSPS) is 23.3. The number of sulfonamides is 1. The Morgan fingerprint density at radius 1 is 1.29 bits per heavy atom. The van der Waals surface area contributed by atoms with E-state index in [1.54, 1.807) is 0 Å². The van der Waals surface area contributed by atoms with Crippen molar-refractivity contribution in [3.63, 3.8) is 0 Å². The van der Waals surface area contributed by atoms with Crippen LogP contribution < -0.4 is 15.4 Å². The van der Waals surface area contributed by atoms with E-state index in [1.807, 2.05) is 6.92 Å². The molecule has 1 rings (SSSR count). The van der Waals surface area contributed by atoms with E-state index in [0.29, 0.717) is 25.1 Å². The number of rotatable bonds is 6. The van der Waals surface area contributed by atoms with Crippen molar-refractivity contribution >= 4 is 40.0 Å². The Balaban J connectivity index is 0.00000400. The van der Waals surface area contributed by atoms with Crippen LogP contribution in [-0.4, -0.2) is 57.5 Å². The molecule has 21 heavy (non-hydrogen) atoms. The highest BCUT2D eigenvalue weighted by Gasteiger charge is 2.19. The van der Waals surface area contributed by atoms with E-state index in [2.05, 4.69) is 20.3 Å². The molecule has 0 radical (unpaired) electrons. The van der Waals surface area contributed by atoms with Crippen molar-refractivity contribution in [2.24, 2.45) is 4.99 Å². The van der Waals surface area contributed by atoms with Crippen LogP contribution in [0.5, 0.6) is 0 Å². The molecule has 126 valence electrons. The molecule has 0 spiro atoms. The Hall–Kier alpha value is -0.130. The van der Waals surface area contributed by atoms with E-state index in [1.165, 1.54) is 0 Å². The van der Waals surface area contributed by atoms with E-state index in [4.69, 9.17) is 0 Å². The first-order valence-electron chi connectivity index (χ1n) is 7.08. The first-order chi connectivity index (χ1) is 9.40. The average Bonchev–Trinajstić information content (AvgIpc) is 2.36. The van der Waals surface area contributed by atoms with Crippen LogP contribution in [0.3, 0.4) is 0 Å². The van der Waals surface area contributed by atoms with Crippen molar-refractivity contribution in [1.82, 2.24) is 15.4 Å². The van der Waals surface area contributed by atoms with Crippen LogP contribution in [0.15, 0.2) is 4.99 Å². The molecule has 0 saturated heterocycles. The number of aliphatic imine (C=N–C) groups is 1. The summed E-state index contributed by atoms with van der Waals surface area (Å²) in [4.78, 5) is 4.33. The minimum atomic E-state index is -3.16. The lowest BCUT2D eigenvalue weighted by molar-refractivity contribution is 0.120. The second-order valence-corrected chi connectivity index (χ2v) is 6.91. The Bertz CT molecular complexity index is 409. The quantitative estimate of drug-likeness (QED) is 0.204. The lowest BCUT2D eigenvalue weighted by Crippen LogP contribution is -2.45. The number of aliphatic hydroxyl groups is 1. The molecule has 9 heteroatoms. The zero-order valence-electron chi connectivity index (χ0n) is 12.6. The van der Waals surface area contributed by atoms with Crippen molar-refractivity contribution in [2.45, 2.75) is 44.8 Å². The molecule has 7 nitrogen and oxygen atoms in total. The monoisotopic (exact) mass is 434 g/mol. The molecule has 0 amide bonds. The zero-order chi connectivity index (χ0) is 15.0. The number of nitrogens with one attached hydrogen (secondary N) is 3. The van der Waals surface area contributed by atoms with Crippen LogP contribution in [0.1, 0.15) is 32.6 Å². The molecular formula is C12H27IN4O3S. The minimum absolute atomic E-state index is 0. The Morgan fingerprint density at radius 3 is 2.43 bits per heavy atom. The first kappa shape index (κ1) is 20.9. The number of aliphatic hydroxyl groups excluding tert-OH is 1. The minimum Gasteiger partial charge on any atom is -0.393 e. The third kappa shape index (κ3) is 10.3. The zero-order valence-corrected chi connectivity index (χ0v) is 15.8. The van der Waals surface area contributed by atoms with Gasteiger partial charge < -0.3 is 15.7 Å². The second-order valence-electron chi connectivity index (χ2n) is 5.08. The van der Waals surface area contributed by atoms with E-state index in [0.717, 1.165) is 38.5 Å². The van der Waals surface area contributed by atoms with Crippen LogP contribution in [0.2, 0.25) is 0 Å². The lowest BCUT2D eigenvalue weighted by Gasteiger charge is -2.27. The van der Waals surface area contributed by atoms with Gasteiger partial charge in [-0.15, -0.1) is 24.0 Å². The van der Waals surface area contributed by atoms with Crippen LogP contribution >= 0.6 is 24.0 Å². The highest BCUT2D eigenvalue weighted by Crippen LogP contribution is 2.17. The molecule has 0 unspecified atom stereocenters. The maximum atomic E-state index is 10.9. The molecule has 0 aromatic heterocycles. The van der Waals surface area contributed by atoms with Gasteiger partial charge in [0.1, 0.15) is 0 Å². The summed E-state index contributed by atoms with van der Waals surface area (Å²) in [7, 11) is -3.16. The van der Waals surface area contributed by atoms with Gasteiger partial charge in [0.05, 0.1) is 18.9 Å². The van der Waals surface area contributed by atoms with Gasteiger partial charge in [-0.3, -0.25) is 4.99 Å².